The van der Waals surface area contributed by atoms with E-state index in [1.165, 1.54) is 13.3 Å². The maximum absolute atomic E-state index is 12.2. The maximum Gasteiger partial charge on any atom is 0.328 e. The molecule has 6 heteroatoms. The average molecular weight is 314 g/mol. The second-order valence-corrected chi connectivity index (χ2v) is 4.82. The molecule has 1 aromatic heterocycles. The van der Waals surface area contributed by atoms with Crippen LogP contribution in [0.25, 0.3) is 0 Å². The van der Waals surface area contributed by atoms with Crippen molar-refractivity contribution < 1.29 is 19.1 Å². The van der Waals surface area contributed by atoms with Gasteiger partial charge in [0.15, 0.2) is 0 Å². The van der Waals surface area contributed by atoms with Crippen LogP contribution >= 0.6 is 0 Å². The van der Waals surface area contributed by atoms with Crippen molar-refractivity contribution in [3.05, 3.63) is 59.9 Å². The Morgan fingerprint density at radius 3 is 2.43 bits per heavy atom. The van der Waals surface area contributed by atoms with E-state index in [0.717, 1.165) is 11.3 Å². The molecule has 23 heavy (non-hydrogen) atoms. The summed E-state index contributed by atoms with van der Waals surface area (Å²) in [6, 6.07) is 11.5. The monoisotopic (exact) mass is 314 g/mol. The lowest BCUT2D eigenvalue weighted by Gasteiger charge is -2.16. The Labute approximate surface area is 134 Å². The summed E-state index contributed by atoms with van der Waals surface area (Å²) >= 11 is 0. The van der Waals surface area contributed by atoms with E-state index in [0.29, 0.717) is 6.42 Å². The Bertz CT molecular complexity index is 656. The molecular weight excluding hydrogens is 296 g/mol. The van der Waals surface area contributed by atoms with Gasteiger partial charge in [-0.3, -0.25) is 9.78 Å². The number of hydrogen-bond donors (Lipinski definition) is 1. The summed E-state index contributed by atoms with van der Waals surface area (Å²) in [5, 5.41) is 2.65. The summed E-state index contributed by atoms with van der Waals surface area (Å²) in [5.41, 5.74) is 1.12. The smallest absolute Gasteiger partial charge is 0.328 e. The van der Waals surface area contributed by atoms with Gasteiger partial charge in [-0.2, -0.15) is 0 Å². The van der Waals surface area contributed by atoms with Crippen LogP contribution in [0.15, 0.2) is 48.7 Å². The minimum Gasteiger partial charge on any atom is -0.497 e. The molecule has 0 radical (unpaired) electrons. The first-order valence-corrected chi connectivity index (χ1v) is 7.06. The molecule has 1 amide bonds. The molecule has 120 valence electrons. The molecule has 0 bridgehead atoms. The van der Waals surface area contributed by atoms with Crippen LogP contribution in [0.2, 0.25) is 0 Å². The molecule has 0 aliphatic heterocycles. The lowest BCUT2D eigenvalue weighted by atomic mass is 10.1. The number of pyridine rings is 1. The molecule has 2 rings (SSSR count). The SMILES string of the molecule is COC(=O)C(Cc1ccc(OC)cc1)NC(=O)c1ccccn1. The van der Waals surface area contributed by atoms with Crippen molar-refractivity contribution in [1.29, 1.82) is 0 Å². The summed E-state index contributed by atoms with van der Waals surface area (Å²) in [4.78, 5) is 28.1. The molecule has 0 saturated carbocycles. The number of nitrogens with zero attached hydrogens (tertiary/aromatic N) is 1. The van der Waals surface area contributed by atoms with Gasteiger partial charge >= 0.3 is 5.97 Å². The Hall–Kier alpha value is -2.89. The fraction of sp³-hybridized carbons (Fsp3) is 0.235. The van der Waals surface area contributed by atoms with Crippen molar-refractivity contribution in [2.24, 2.45) is 0 Å². The number of amides is 1. The lowest BCUT2D eigenvalue weighted by Crippen LogP contribution is -2.43. The third-order valence-corrected chi connectivity index (χ3v) is 3.29. The normalized spacial score (nSPS) is 11.4. The molecule has 1 unspecified atom stereocenters. The van der Waals surface area contributed by atoms with Gasteiger partial charge in [0, 0.05) is 12.6 Å². The number of carbonyl (C=O) groups is 2. The minimum atomic E-state index is -0.789. The number of ether oxygens (including phenoxy) is 2. The molecule has 0 aliphatic rings. The van der Waals surface area contributed by atoms with E-state index in [4.69, 9.17) is 9.47 Å². The van der Waals surface area contributed by atoms with Crippen molar-refractivity contribution in [3.8, 4) is 5.75 Å². The zero-order valence-electron chi connectivity index (χ0n) is 13.0. The Kier molecular flexibility index (Phi) is 5.68. The predicted molar refractivity (Wildman–Crippen MR) is 84.2 cm³/mol. The fourth-order valence-electron chi connectivity index (χ4n) is 2.06. The third kappa shape index (κ3) is 4.54. The van der Waals surface area contributed by atoms with E-state index >= 15 is 0 Å². The van der Waals surface area contributed by atoms with Gasteiger partial charge in [0.2, 0.25) is 0 Å². The van der Waals surface area contributed by atoms with Crippen LogP contribution in [0.1, 0.15) is 16.1 Å². The number of aromatic nitrogens is 1. The largest absolute Gasteiger partial charge is 0.497 e. The number of esters is 1. The van der Waals surface area contributed by atoms with E-state index in [-0.39, 0.29) is 5.69 Å². The number of benzene rings is 1. The topological polar surface area (TPSA) is 77.5 Å². The second-order valence-electron chi connectivity index (χ2n) is 4.82. The first kappa shape index (κ1) is 16.5. The first-order chi connectivity index (χ1) is 11.1. The van der Waals surface area contributed by atoms with Crippen LogP contribution in [0.5, 0.6) is 5.75 Å². The highest BCUT2D eigenvalue weighted by Crippen LogP contribution is 2.13. The fourth-order valence-corrected chi connectivity index (χ4v) is 2.06. The Morgan fingerprint density at radius 2 is 1.87 bits per heavy atom. The van der Waals surface area contributed by atoms with Gasteiger partial charge in [0.05, 0.1) is 14.2 Å². The molecule has 1 atom stereocenters. The zero-order valence-corrected chi connectivity index (χ0v) is 13.0. The van der Waals surface area contributed by atoms with Crippen LogP contribution in [-0.4, -0.2) is 37.1 Å². The molecule has 0 fully saturated rings. The zero-order chi connectivity index (χ0) is 16.7. The van der Waals surface area contributed by atoms with Gasteiger partial charge in [0.1, 0.15) is 17.5 Å². The molecule has 0 spiro atoms. The Balaban J connectivity index is 2.10. The molecular formula is C17H18N2O4. The Morgan fingerprint density at radius 1 is 1.13 bits per heavy atom. The van der Waals surface area contributed by atoms with Gasteiger partial charge in [-0.25, -0.2) is 4.79 Å². The van der Waals surface area contributed by atoms with E-state index < -0.39 is 17.9 Å². The molecule has 1 N–H and O–H groups in total. The number of hydrogen-bond acceptors (Lipinski definition) is 5. The minimum absolute atomic E-state index is 0.246. The van der Waals surface area contributed by atoms with Crippen LogP contribution in [0.4, 0.5) is 0 Å². The van der Waals surface area contributed by atoms with Crippen LogP contribution in [-0.2, 0) is 16.0 Å². The molecule has 1 heterocycles. The van der Waals surface area contributed by atoms with Gasteiger partial charge < -0.3 is 14.8 Å². The van der Waals surface area contributed by atoms with E-state index in [2.05, 4.69) is 10.3 Å². The van der Waals surface area contributed by atoms with Crippen molar-refractivity contribution in [3.63, 3.8) is 0 Å². The van der Waals surface area contributed by atoms with E-state index in [1.54, 1.807) is 37.4 Å². The highest BCUT2D eigenvalue weighted by molar-refractivity contribution is 5.95. The third-order valence-electron chi connectivity index (χ3n) is 3.29. The second kappa shape index (κ2) is 7.93. The molecule has 6 nitrogen and oxygen atoms in total. The highest BCUT2D eigenvalue weighted by atomic mass is 16.5. The van der Waals surface area contributed by atoms with Gasteiger partial charge in [-0.1, -0.05) is 18.2 Å². The van der Waals surface area contributed by atoms with Crippen molar-refractivity contribution in [1.82, 2.24) is 10.3 Å². The van der Waals surface area contributed by atoms with Crippen LogP contribution in [0.3, 0.4) is 0 Å². The lowest BCUT2D eigenvalue weighted by molar-refractivity contribution is -0.142. The summed E-state index contributed by atoms with van der Waals surface area (Å²) in [6.07, 6.45) is 1.83. The quantitative estimate of drug-likeness (QED) is 0.820. The van der Waals surface area contributed by atoms with Gasteiger partial charge in [0.25, 0.3) is 5.91 Å². The number of rotatable bonds is 6. The van der Waals surface area contributed by atoms with E-state index in [1.807, 2.05) is 12.1 Å². The number of methoxy groups -OCH3 is 2. The number of nitrogens with one attached hydrogen (secondary N) is 1. The molecule has 1 aromatic carbocycles. The maximum atomic E-state index is 12.2. The highest BCUT2D eigenvalue weighted by Gasteiger charge is 2.23. The number of carbonyl (C=O) groups excluding carboxylic acids is 2. The van der Waals surface area contributed by atoms with Crippen LogP contribution < -0.4 is 10.1 Å². The molecule has 0 saturated heterocycles. The molecule has 0 aliphatic carbocycles. The van der Waals surface area contributed by atoms with Crippen molar-refractivity contribution in [2.45, 2.75) is 12.5 Å². The standard InChI is InChI=1S/C17H18N2O4/c1-22-13-8-6-12(7-9-13)11-15(17(21)23-2)19-16(20)14-5-3-4-10-18-14/h3-10,15H,11H2,1-2H3,(H,19,20). The summed E-state index contributed by atoms with van der Waals surface area (Å²) in [5.74, 6) is -0.208. The summed E-state index contributed by atoms with van der Waals surface area (Å²) < 4.78 is 9.86. The van der Waals surface area contributed by atoms with Gasteiger partial charge in [-0.15, -0.1) is 0 Å². The van der Waals surface area contributed by atoms with Gasteiger partial charge in [-0.05, 0) is 29.8 Å². The van der Waals surface area contributed by atoms with Crippen molar-refractivity contribution in [2.75, 3.05) is 14.2 Å². The van der Waals surface area contributed by atoms with Crippen molar-refractivity contribution >= 4 is 11.9 Å². The summed E-state index contributed by atoms with van der Waals surface area (Å²) in [7, 11) is 2.87. The average Bonchev–Trinajstić information content (AvgIpc) is 2.61. The predicted octanol–water partition coefficient (Wildman–Crippen LogP) is 1.60. The summed E-state index contributed by atoms with van der Waals surface area (Å²) in [6.45, 7) is 0. The van der Waals surface area contributed by atoms with Crippen LogP contribution in [0, 0.1) is 0 Å². The van der Waals surface area contributed by atoms with E-state index in [9.17, 15) is 9.59 Å². The first-order valence-electron chi connectivity index (χ1n) is 7.06. The molecule has 2 aromatic rings.